The van der Waals surface area contributed by atoms with E-state index in [1.165, 1.54) is 14.2 Å². The highest BCUT2D eigenvalue weighted by Gasteiger charge is 2.45. The Hall–Kier alpha value is -2.67. The lowest BCUT2D eigenvalue weighted by molar-refractivity contribution is 0.0240. The van der Waals surface area contributed by atoms with Gasteiger partial charge in [0.1, 0.15) is 11.6 Å². The Kier molecular flexibility index (Phi) is 8.39. The number of rotatable bonds is 8. The Morgan fingerprint density at radius 1 is 0.903 bits per heavy atom. The van der Waals surface area contributed by atoms with E-state index in [-0.39, 0.29) is 5.56 Å². The van der Waals surface area contributed by atoms with Gasteiger partial charge in [-0.05, 0) is 38.5 Å². The van der Waals surface area contributed by atoms with Crippen molar-refractivity contribution in [3.63, 3.8) is 0 Å². The van der Waals surface area contributed by atoms with Crippen LogP contribution in [0.2, 0.25) is 0 Å². The number of ether oxygens (including phenoxy) is 2. The summed E-state index contributed by atoms with van der Waals surface area (Å²) in [5.74, 6) is -2.23. The van der Waals surface area contributed by atoms with Crippen molar-refractivity contribution in [3.05, 3.63) is 71.8 Å². The Morgan fingerprint density at radius 3 is 1.90 bits per heavy atom. The molecule has 1 amide bonds. The second-order valence-electron chi connectivity index (χ2n) is 7.60. The summed E-state index contributed by atoms with van der Waals surface area (Å²) in [5, 5.41) is 2.65. The number of esters is 1. The molecule has 0 aliphatic rings. The van der Waals surface area contributed by atoms with Crippen LogP contribution in [-0.2, 0) is 23.1 Å². The van der Waals surface area contributed by atoms with Crippen LogP contribution in [0, 0.1) is 0 Å². The van der Waals surface area contributed by atoms with E-state index in [0.29, 0.717) is 5.56 Å². The van der Waals surface area contributed by atoms with Gasteiger partial charge in [0.25, 0.3) is 0 Å². The molecule has 168 valence electrons. The van der Waals surface area contributed by atoms with Gasteiger partial charge in [-0.25, -0.2) is 9.59 Å². The third-order valence-corrected chi connectivity index (χ3v) is 6.22. The van der Waals surface area contributed by atoms with Crippen LogP contribution >= 0.6 is 7.60 Å². The zero-order chi connectivity index (χ0) is 23.1. The fourth-order valence-corrected chi connectivity index (χ4v) is 4.16. The highest BCUT2D eigenvalue weighted by atomic mass is 31.2. The number of carbonyl (C=O) groups excluding carboxylic acids is 2. The standard InChI is InChI=1S/C22H28NO7P/c1-22(2,3)30-21(25)23-18(16-12-8-6-9-13-16)20(31(26,27-4)28-5)29-19(24)17-14-10-7-11-15-17/h6-15,18,20H,1-5H3,(H,23,25)/t18-,20+/m1/s1. The molecule has 0 unspecified atom stereocenters. The highest BCUT2D eigenvalue weighted by molar-refractivity contribution is 7.54. The predicted octanol–water partition coefficient (Wildman–Crippen LogP) is 4.92. The minimum absolute atomic E-state index is 0.246. The Labute approximate surface area is 182 Å². The van der Waals surface area contributed by atoms with Crippen LogP contribution in [0.1, 0.15) is 42.7 Å². The van der Waals surface area contributed by atoms with Crippen molar-refractivity contribution >= 4 is 19.7 Å². The molecule has 0 bridgehead atoms. The van der Waals surface area contributed by atoms with Crippen molar-refractivity contribution in [2.45, 2.75) is 38.3 Å². The van der Waals surface area contributed by atoms with Crippen LogP contribution in [0.4, 0.5) is 4.79 Å². The fourth-order valence-electron chi connectivity index (χ4n) is 2.76. The molecule has 2 aromatic rings. The summed E-state index contributed by atoms with van der Waals surface area (Å²) in [4.78, 5) is 25.3. The number of hydrogen-bond donors (Lipinski definition) is 1. The number of hydrogen-bond acceptors (Lipinski definition) is 7. The average molecular weight is 449 g/mol. The summed E-state index contributed by atoms with van der Waals surface area (Å²) >= 11 is 0. The zero-order valence-electron chi connectivity index (χ0n) is 18.2. The average Bonchev–Trinajstić information content (AvgIpc) is 2.75. The molecule has 0 saturated carbocycles. The Morgan fingerprint density at radius 2 is 1.42 bits per heavy atom. The molecule has 31 heavy (non-hydrogen) atoms. The first-order valence-corrected chi connectivity index (χ1v) is 11.2. The molecule has 2 aromatic carbocycles. The minimum atomic E-state index is -4.01. The van der Waals surface area contributed by atoms with Crippen LogP contribution in [0.3, 0.4) is 0 Å². The van der Waals surface area contributed by atoms with E-state index >= 15 is 0 Å². The van der Waals surface area contributed by atoms with Gasteiger partial charge in [0, 0.05) is 14.2 Å². The second-order valence-corrected chi connectivity index (χ2v) is 9.92. The lowest BCUT2D eigenvalue weighted by atomic mass is 10.1. The molecule has 0 radical (unpaired) electrons. The van der Waals surface area contributed by atoms with E-state index in [9.17, 15) is 14.2 Å². The topological polar surface area (TPSA) is 100 Å². The maximum atomic E-state index is 13.4. The molecule has 1 N–H and O–H groups in total. The minimum Gasteiger partial charge on any atom is -0.444 e. The molecule has 2 atom stereocenters. The van der Waals surface area contributed by atoms with E-state index in [1.807, 2.05) is 0 Å². The molecular weight excluding hydrogens is 421 g/mol. The molecule has 0 fully saturated rings. The third-order valence-electron chi connectivity index (χ3n) is 4.17. The van der Waals surface area contributed by atoms with Gasteiger partial charge in [0.15, 0.2) is 0 Å². The van der Waals surface area contributed by atoms with Gasteiger partial charge < -0.3 is 23.8 Å². The third kappa shape index (κ3) is 6.92. The fraction of sp³-hybridized carbons (Fsp3) is 0.364. The van der Waals surface area contributed by atoms with Crippen molar-refractivity contribution in [1.82, 2.24) is 5.32 Å². The van der Waals surface area contributed by atoms with E-state index in [1.54, 1.807) is 81.4 Å². The summed E-state index contributed by atoms with van der Waals surface area (Å²) in [7, 11) is -1.64. The predicted molar refractivity (Wildman–Crippen MR) is 116 cm³/mol. The van der Waals surface area contributed by atoms with Crippen LogP contribution in [0.15, 0.2) is 60.7 Å². The SMILES string of the molecule is COP(=O)(OC)[C@H](OC(=O)c1ccccc1)[C@H](NC(=O)OC(C)(C)C)c1ccccc1. The van der Waals surface area contributed by atoms with Crippen LogP contribution in [-0.4, -0.2) is 37.7 Å². The second kappa shape index (κ2) is 10.6. The Bertz CT molecular complexity index is 904. The van der Waals surface area contributed by atoms with Gasteiger partial charge in [0.05, 0.1) is 5.56 Å². The highest BCUT2D eigenvalue weighted by Crippen LogP contribution is 2.56. The quantitative estimate of drug-likeness (QED) is 0.451. The van der Waals surface area contributed by atoms with Gasteiger partial charge in [-0.15, -0.1) is 0 Å². The molecule has 0 saturated heterocycles. The van der Waals surface area contributed by atoms with Crippen LogP contribution in [0.25, 0.3) is 0 Å². The maximum absolute atomic E-state index is 13.4. The van der Waals surface area contributed by atoms with Gasteiger partial charge in [-0.1, -0.05) is 48.5 Å². The largest absolute Gasteiger partial charge is 0.444 e. The first-order valence-electron chi connectivity index (χ1n) is 9.61. The number of alkyl carbamates (subject to hydrolysis) is 1. The monoisotopic (exact) mass is 449 g/mol. The lowest BCUT2D eigenvalue weighted by Gasteiger charge is -2.32. The first kappa shape index (κ1) is 24.6. The van der Waals surface area contributed by atoms with Crippen LogP contribution in [0.5, 0.6) is 0 Å². The smallest absolute Gasteiger partial charge is 0.408 e. The first-order chi connectivity index (χ1) is 14.6. The Balaban J connectivity index is 2.48. The van der Waals surface area contributed by atoms with Crippen molar-refractivity contribution in [1.29, 1.82) is 0 Å². The summed E-state index contributed by atoms with van der Waals surface area (Å²) in [6.07, 6.45) is -0.777. The summed E-state index contributed by atoms with van der Waals surface area (Å²) in [5.41, 5.74) is -0.00261. The van der Waals surface area contributed by atoms with Crippen molar-refractivity contribution in [2.75, 3.05) is 14.2 Å². The van der Waals surface area contributed by atoms with Crippen molar-refractivity contribution in [2.24, 2.45) is 0 Å². The molecule has 0 aliphatic heterocycles. The number of carbonyl (C=O) groups is 2. The van der Waals surface area contributed by atoms with Crippen LogP contribution < -0.4 is 5.32 Å². The molecule has 0 aromatic heterocycles. The van der Waals surface area contributed by atoms with Crippen molar-refractivity contribution < 1.29 is 32.7 Å². The lowest BCUT2D eigenvalue weighted by Crippen LogP contribution is -2.41. The number of nitrogens with one attached hydrogen (secondary N) is 1. The molecule has 9 heteroatoms. The molecular formula is C22H28NO7P. The maximum Gasteiger partial charge on any atom is 0.408 e. The summed E-state index contributed by atoms with van der Waals surface area (Å²) in [6, 6.07) is 15.8. The van der Waals surface area contributed by atoms with E-state index in [4.69, 9.17) is 18.5 Å². The van der Waals surface area contributed by atoms with Gasteiger partial charge in [0.2, 0.25) is 5.85 Å². The number of benzene rings is 2. The normalized spacial score (nSPS) is 13.7. The summed E-state index contributed by atoms with van der Waals surface area (Å²) < 4.78 is 34.6. The van der Waals surface area contributed by atoms with E-state index < -0.39 is 37.1 Å². The number of amides is 1. The van der Waals surface area contributed by atoms with E-state index in [2.05, 4.69) is 5.32 Å². The van der Waals surface area contributed by atoms with Gasteiger partial charge in [-0.3, -0.25) is 4.57 Å². The summed E-state index contributed by atoms with van der Waals surface area (Å²) in [6.45, 7) is 5.14. The molecule has 0 spiro atoms. The van der Waals surface area contributed by atoms with Gasteiger partial charge >= 0.3 is 19.7 Å². The molecule has 0 aliphatic carbocycles. The molecule has 0 heterocycles. The zero-order valence-corrected chi connectivity index (χ0v) is 19.1. The molecule has 2 rings (SSSR count). The van der Waals surface area contributed by atoms with Gasteiger partial charge in [-0.2, -0.15) is 0 Å². The van der Waals surface area contributed by atoms with Crippen molar-refractivity contribution in [3.8, 4) is 0 Å². The molecule has 8 nitrogen and oxygen atoms in total. The van der Waals surface area contributed by atoms with E-state index in [0.717, 1.165) is 0 Å².